The fourth-order valence-electron chi connectivity index (χ4n) is 0.0833. The van der Waals surface area contributed by atoms with Gasteiger partial charge in [-0.25, -0.2) is 0 Å². The number of hydrogen-bond donors (Lipinski definition) is 1. The Labute approximate surface area is 46.4 Å². The van der Waals surface area contributed by atoms with Crippen LogP contribution < -0.4 is 0 Å². The predicted octanol–water partition coefficient (Wildman–Crippen LogP) is 1.65. The van der Waals surface area contributed by atoms with Gasteiger partial charge in [-0.3, -0.25) is 5.41 Å². The van der Waals surface area contributed by atoms with E-state index in [1.165, 1.54) is 23.5 Å². The molecule has 0 aliphatic heterocycles. The second kappa shape index (κ2) is 3.56. The van der Waals surface area contributed by atoms with Crippen molar-refractivity contribution in [1.82, 2.24) is 0 Å². The normalized spacial score (nSPS) is 8.33. The maximum Gasteiger partial charge on any atom is 0.121 e. The zero-order chi connectivity index (χ0) is 4.99. The summed E-state index contributed by atoms with van der Waals surface area (Å²) in [7, 11) is 0. The summed E-state index contributed by atoms with van der Waals surface area (Å²) in [6.07, 6.45) is 3.80. The minimum absolute atomic E-state index is 0.676. The topological polar surface area (TPSA) is 23.9 Å². The molecule has 3 heteroatoms. The molecule has 6 heavy (non-hydrogen) atoms. The lowest BCUT2D eigenvalue weighted by molar-refractivity contribution is 1.59. The molecule has 0 unspecified atom stereocenters. The van der Waals surface area contributed by atoms with Crippen molar-refractivity contribution in [2.24, 2.45) is 0 Å². The van der Waals surface area contributed by atoms with Crippen LogP contribution in [0.15, 0.2) is 0 Å². The van der Waals surface area contributed by atoms with Gasteiger partial charge in [0.1, 0.15) is 4.38 Å². The van der Waals surface area contributed by atoms with Crippen molar-refractivity contribution in [1.29, 1.82) is 5.41 Å². The molecular weight excluding hydrogens is 114 g/mol. The van der Waals surface area contributed by atoms with E-state index < -0.39 is 0 Å². The van der Waals surface area contributed by atoms with Crippen molar-refractivity contribution < 1.29 is 0 Å². The summed E-state index contributed by atoms with van der Waals surface area (Å²) < 4.78 is 0.676. The maximum absolute atomic E-state index is 6.91. The zero-order valence-electron chi connectivity index (χ0n) is 3.82. The molecule has 0 heterocycles. The monoisotopic (exact) mass is 121 g/mol. The molecule has 0 spiro atoms. The Kier molecular flexibility index (Phi) is 3.78. The summed E-state index contributed by atoms with van der Waals surface area (Å²) >= 11 is 2.94. The number of rotatable bonds is 0. The highest BCUT2D eigenvalue weighted by Gasteiger charge is 1.82. The average molecular weight is 121 g/mol. The first-order valence-electron chi connectivity index (χ1n) is 1.47. The van der Waals surface area contributed by atoms with Crippen LogP contribution in [0.3, 0.4) is 0 Å². The molecule has 0 bridgehead atoms. The van der Waals surface area contributed by atoms with Crippen LogP contribution in [0.5, 0.6) is 0 Å². The van der Waals surface area contributed by atoms with E-state index in [1.807, 2.05) is 12.5 Å². The van der Waals surface area contributed by atoms with Gasteiger partial charge in [0, 0.05) is 0 Å². The number of hydrogen-bond acceptors (Lipinski definition) is 3. The SMILES string of the molecule is CSC(=N)SC. The molecule has 0 aliphatic carbocycles. The van der Waals surface area contributed by atoms with Gasteiger partial charge in [-0.05, 0) is 12.5 Å². The van der Waals surface area contributed by atoms with Gasteiger partial charge >= 0.3 is 0 Å². The predicted molar refractivity (Wildman–Crippen MR) is 34.8 cm³/mol. The van der Waals surface area contributed by atoms with Gasteiger partial charge in [-0.1, -0.05) is 0 Å². The van der Waals surface area contributed by atoms with Crippen molar-refractivity contribution in [2.45, 2.75) is 0 Å². The molecule has 0 fully saturated rings. The molecule has 0 aliphatic rings. The van der Waals surface area contributed by atoms with Crippen molar-refractivity contribution in [3.8, 4) is 0 Å². The molecule has 1 nitrogen and oxygen atoms in total. The molecule has 0 rings (SSSR count). The third kappa shape index (κ3) is 2.60. The highest BCUT2D eigenvalue weighted by molar-refractivity contribution is 8.38. The molecule has 0 aromatic heterocycles. The first-order chi connectivity index (χ1) is 2.81. The van der Waals surface area contributed by atoms with Crippen molar-refractivity contribution in [2.75, 3.05) is 12.5 Å². The quantitative estimate of drug-likeness (QED) is 0.389. The van der Waals surface area contributed by atoms with Crippen molar-refractivity contribution in [3.63, 3.8) is 0 Å². The Balaban J connectivity index is 2.99. The summed E-state index contributed by atoms with van der Waals surface area (Å²) in [6, 6.07) is 0. The lowest BCUT2D eigenvalue weighted by Gasteiger charge is -1.85. The molecule has 1 N–H and O–H groups in total. The van der Waals surface area contributed by atoms with E-state index in [-0.39, 0.29) is 0 Å². The first kappa shape index (κ1) is 6.37. The minimum Gasteiger partial charge on any atom is -0.288 e. The lowest BCUT2D eigenvalue weighted by Crippen LogP contribution is -1.72. The van der Waals surface area contributed by atoms with E-state index in [9.17, 15) is 0 Å². The van der Waals surface area contributed by atoms with E-state index in [2.05, 4.69) is 0 Å². The number of nitrogens with one attached hydrogen (secondary N) is 1. The number of thioether (sulfide) groups is 2. The second-order valence-corrected chi connectivity index (χ2v) is 2.59. The summed E-state index contributed by atoms with van der Waals surface area (Å²) in [4.78, 5) is 0. The lowest BCUT2D eigenvalue weighted by atomic mass is 11.7. The van der Waals surface area contributed by atoms with Crippen LogP contribution in [0, 0.1) is 5.41 Å². The summed E-state index contributed by atoms with van der Waals surface area (Å²) in [6.45, 7) is 0. The van der Waals surface area contributed by atoms with E-state index in [0.29, 0.717) is 4.38 Å². The van der Waals surface area contributed by atoms with Crippen molar-refractivity contribution >= 4 is 27.9 Å². The smallest absolute Gasteiger partial charge is 0.121 e. The molecule has 0 amide bonds. The third-order valence-corrected chi connectivity index (χ3v) is 2.11. The fourth-order valence-corrected chi connectivity index (χ4v) is 0.750. The van der Waals surface area contributed by atoms with Gasteiger partial charge < -0.3 is 0 Å². The Bertz CT molecular complexity index is 46.8. The van der Waals surface area contributed by atoms with Crippen LogP contribution >= 0.6 is 23.5 Å². The minimum atomic E-state index is 0.676. The fraction of sp³-hybridized carbons (Fsp3) is 0.667. The van der Waals surface area contributed by atoms with Crippen LogP contribution in [-0.4, -0.2) is 16.9 Å². The van der Waals surface area contributed by atoms with Crippen LogP contribution in [0.2, 0.25) is 0 Å². The molecule has 0 saturated carbocycles. The Morgan fingerprint density at radius 3 is 1.67 bits per heavy atom. The molecule has 0 atom stereocenters. The van der Waals surface area contributed by atoms with Crippen molar-refractivity contribution in [3.05, 3.63) is 0 Å². The van der Waals surface area contributed by atoms with Gasteiger partial charge in [0.2, 0.25) is 0 Å². The van der Waals surface area contributed by atoms with Gasteiger partial charge in [0.25, 0.3) is 0 Å². The largest absolute Gasteiger partial charge is 0.288 e. The molecular formula is C3H7NS2. The molecule has 0 aromatic rings. The molecule has 0 radical (unpaired) electrons. The van der Waals surface area contributed by atoms with Gasteiger partial charge in [0.15, 0.2) is 0 Å². The van der Waals surface area contributed by atoms with Gasteiger partial charge in [0.05, 0.1) is 0 Å². The summed E-state index contributed by atoms with van der Waals surface area (Å²) in [5.41, 5.74) is 0. The first-order valence-corrected chi connectivity index (χ1v) is 3.92. The van der Waals surface area contributed by atoms with Gasteiger partial charge in [-0.15, -0.1) is 23.5 Å². The standard InChI is InChI=1S/C3H7NS2/c1-5-3(4)6-2/h4H,1-2H3. The van der Waals surface area contributed by atoms with Crippen LogP contribution in [0.4, 0.5) is 0 Å². The molecule has 0 aromatic carbocycles. The second-order valence-electron chi connectivity index (χ2n) is 0.696. The Hall–Kier alpha value is 0.370. The van der Waals surface area contributed by atoms with Gasteiger partial charge in [-0.2, -0.15) is 0 Å². The Morgan fingerprint density at radius 1 is 1.33 bits per heavy atom. The van der Waals surface area contributed by atoms with Crippen LogP contribution in [-0.2, 0) is 0 Å². The maximum atomic E-state index is 6.91. The average Bonchev–Trinajstić information content (AvgIpc) is 1.65. The van der Waals surface area contributed by atoms with E-state index in [4.69, 9.17) is 5.41 Å². The summed E-state index contributed by atoms with van der Waals surface area (Å²) in [5, 5.41) is 6.91. The third-order valence-electron chi connectivity index (χ3n) is 0.371. The molecule has 36 valence electrons. The van der Waals surface area contributed by atoms with Crippen LogP contribution in [0.25, 0.3) is 0 Å². The van der Waals surface area contributed by atoms with E-state index >= 15 is 0 Å². The molecule has 0 saturated heterocycles. The summed E-state index contributed by atoms with van der Waals surface area (Å²) in [5.74, 6) is 0. The Morgan fingerprint density at radius 2 is 1.67 bits per heavy atom. The van der Waals surface area contributed by atoms with Crippen LogP contribution in [0.1, 0.15) is 0 Å². The van der Waals surface area contributed by atoms with E-state index in [0.717, 1.165) is 0 Å². The van der Waals surface area contributed by atoms with E-state index in [1.54, 1.807) is 0 Å². The zero-order valence-corrected chi connectivity index (χ0v) is 5.45. The highest BCUT2D eigenvalue weighted by Crippen LogP contribution is 2.06. The highest BCUT2D eigenvalue weighted by atomic mass is 32.2.